The Morgan fingerprint density at radius 1 is 0.718 bits per heavy atom. The number of nitrogens with zero attached hydrogens (tertiary/aromatic N) is 3. The van der Waals surface area contributed by atoms with Gasteiger partial charge < -0.3 is 26.0 Å². The van der Waals surface area contributed by atoms with Crippen molar-refractivity contribution < 1.29 is 19.5 Å². The lowest BCUT2D eigenvalue weighted by Crippen LogP contribution is -2.49. The van der Waals surface area contributed by atoms with Crippen LogP contribution < -0.4 is 16.0 Å². The normalized spacial score (nSPS) is 17.7. The largest absolute Gasteiger partial charge is 0.465 e. The molecule has 1 aliphatic rings. The third-order valence-electron chi connectivity index (χ3n) is 6.94. The van der Waals surface area contributed by atoms with Gasteiger partial charge in [-0.05, 0) is 25.0 Å². The zero-order valence-electron chi connectivity index (χ0n) is 23.0. The average molecular weight is 539 g/mol. The fourth-order valence-corrected chi connectivity index (χ4v) is 4.60. The number of carbonyl (C=O) groups is 3. The lowest BCUT2D eigenvalue weighted by molar-refractivity contribution is -0.123. The lowest BCUT2D eigenvalue weighted by Gasteiger charge is -2.30. The van der Waals surface area contributed by atoms with Crippen molar-refractivity contribution in [1.29, 1.82) is 0 Å². The summed E-state index contributed by atoms with van der Waals surface area (Å²) in [6, 6.07) is 19.3. The molecule has 39 heavy (non-hydrogen) atoms. The maximum absolute atomic E-state index is 12.8. The van der Waals surface area contributed by atoms with E-state index < -0.39 is 6.09 Å². The Balaban J connectivity index is 1.52. The molecule has 1 aliphatic heterocycles. The van der Waals surface area contributed by atoms with Crippen LogP contribution in [-0.4, -0.2) is 103 Å². The van der Waals surface area contributed by atoms with Crippen molar-refractivity contribution in [3.05, 3.63) is 71.8 Å². The summed E-state index contributed by atoms with van der Waals surface area (Å²) in [6.07, 6.45) is -1.01. The summed E-state index contributed by atoms with van der Waals surface area (Å²) in [5.41, 5.74) is 2.07. The van der Waals surface area contributed by atoms with Crippen LogP contribution in [0.1, 0.15) is 37.1 Å². The molecule has 4 N–H and O–H groups in total. The van der Waals surface area contributed by atoms with Gasteiger partial charge in [0.25, 0.3) is 0 Å². The Labute approximate surface area is 231 Å². The minimum atomic E-state index is -1.01. The maximum Gasteiger partial charge on any atom is 0.407 e. The molecule has 2 aromatic carbocycles. The Hall–Kier alpha value is -3.47. The molecule has 1 saturated heterocycles. The minimum absolute atomic E-state index is 0.0951. The van der Waals surface area contributed by atoms with Crippen LogP contribution >= 0.6 is 0 Å². The molecule has 2 atom stereocenters. The van der Waals surface area contributed by atoms with Crippen LogP contribution in [0.25, 0.3) is 0 Å². The van der Waals surface area contributed by atoms with Crippen molar-refractivity contribution in [1.82, 2.24) is 30.7 Å². The van der Waals surface area contributed by atoms with Gasteiger partial charge in [0.15, 0.2) is 0 Å². The van der Waals surface area contributed by atoms with Crippen molar-refractivity contribution in [3.8, 4) is 0 Å². The lowest BCUT2D eigenvalue weighted by atomic mass is 10.1. The Morgan fingerprint density at radius 2 is 1.13 bits per heavy atom. The summed E-state index contributed by atoms with van der Waals surface area (Å²) in [5, 5.41) is 19.3. The summed E-state index contributed by atoms with van der Waals surface area (Å²) in [5.74, 6) is -0.190. The number of carbonyl (C=O) groups excluding carboxylic acids is 2. The van der Waals surface area contributed by atoms with Crippen LogP contribution in [0.4, 0.5) is 4.79 Å². The van der Waals surface area contributed by atoms with E-state index in [2.05, 4.69) is 16.0 Å². The predicted octanol–water partition coefficient (Wildman–Crippen LogP) is 1.93. The number of nitrogens with one attached hydrogen (secondary N) is 3. The van der Waals surface area contributed by atoms with E-state index in [-0.39, 0.29) is 50.1 Å². The molecule has 2 aromatic rings. The molecule has 10 heteroatoms. The number of hydrogen-bond acceptors (Lipinski definition) is 6. The Bertz CT molecular complexity index is 963. The first-order valence-corrected chi connectivity index (χ1v) is 13.6. The minimum Gasteiger partial charge on any atom is -0.465 e. The van der Waals surface area contributed by atoms with Gasteiger partial charge in [-0.3, -0.25) is 19.4 Å². The molecule has 212 valence electrons. The first-order chi connectivity index (χ1) is 18.8. The fourth-order valence-electron chi connectivity index (χ4n) is 4.60. The second-order valence-electron chi connectivity index (χ2n) is 9.97. The van der Waals surface area contributed by atoms with E-state index in [4.69, 9.17) is 0 Å². The molecular formula is C29H42N6O4. The van der Waals surface area contributed by atoms with Gasteiger partial charge in [0, 0.05) is 52.4 Å². The molecule has 0 saturated carbocycles. The smallest absolute Gasteiger partial charge is 0.407 e. The van der Waals surface area contributed by atoms with E-state index in [1.165, 1.54) is 4.90 Å². The number of rotatable bonds is 8. The first kappa shape index (κ1) is 30.1. The molecule has 0 aliphatic carbocycles. The van der Waals surface area contributed by atoms with Crippen molar-refractivity contribution in [3.63, 3.8) is 0 Å². The number of hydrogen-bond donors (Lipinski definition) is 4. The number of amides is 3. The van der Waals surface area contributed by atoms with Gasteiger partial charge in [0.2, 0.25) is 11.8 Å². The quantitative estimate of drug-likeness (QED) is 0.406. The fraction of sp³-hybridized carbons (Fsp3) is 0.483. The van der Waals surface area contributed by atoms with E-state index in [0.717, 1.165) is 11.1 Å². The number of carboxylic acid groups (broad SMARTS) is 1. The van der Waals surface area contributed by atoms with Crippen LogP contribution in [0.3, 0.4) is 0 Å². The molecule has 1 heterocycles. The molecule has 10 nitrogen and oxygen atoms in total. The van der Waals surface area contributed by atoms with Gasteiger partial charge in [0.1, 0.15) is 0 Å². The van der Waals surface area contributed by atoms with Crippen LogP contribution in [0.2, 0.25) is 0 Å². The molecular weight excluding hydrogens is 496 g/mol. The maximum atomic E-state index is 12.8. The van der Waals surface area contributed by atoms with Gasteiger partial charge in [-0.2, -0.15) is 0 Å². The van der Waals surface area contributed by atoms with E-state index in [1.54, 1.807) is 0 Å². The molecule has 0 unspecified atom stereocenters. The van der Waals surface area contributed by atoms with Crippen LogP contribution in [0.15, 0.2) is 60.7 Å². The molecule has 0 aromatic heterocycles. The van der Waals surface area contributed by atoms with Gasteiger partial charge in [-0.1, -0.05) is 60.7 Å². The van der Waals surface area contributed by atoms with Crippen molar-refractivity contribution >= 4 is 17.9 Å². The molecule has 1 fully saturated rings. The highest BCUT2D eigenvalue weighted by Gasteiger charge is 2.20. The predicted molar refractivity (Wildman–Crippen MR) is 151 cm³/mol. The van der Waals surface area contributed by atoms with Crippen LogP contribution in [-0.2, 0) is 9.59 Å². The molecule has 3 amide bonds. The highest BCUT2D eigenvalue weighted by atomic mass is 16.4. The van der Waals surface area contributed by atoms with Gasteiger partial charge >= 0.3 is 6.09 Å². The first-order valence-electron chi connectivity index (χ1n) is 13.6. The van der Waals surface area contributed by atoms with E-state index >= 15 is 0 Å². The highest BCUT2D eigenvalue weighted by Crippen LogP contribution is 2.12. The van der Waals surface area contributed by atoms with Crippen molar-refractivity contribution in [2.24, 2.45) is 0 Å². The van der Waals surface area contributed by atoms with Crippen LogP contribution in [0.5, 0.6) is 0 Å². The average Bonchev–Trinajstić information content (AvgIpc) is 2.92. The summed E-state index contributed by atoms with van der Waals surface area (Å²) >= 11 is 0. The topological polar surface area (TPSA) is 117 Å². The monoisotopic (exact) mass is 538 g/mol. The Kier molecular flexibility index (Phi) is 12.2. The SMILES string of the molecule is C[C@H](NC(=O)CN1CCNCCN(CC(=O)N[C@@H](C)c2ccccc2)CCN(C(=O)O)CC1)c1ccccc1. The van der Waals surface area contributed by atoms with E-state index in [1.807, 2.05) is 84.3 Å². The van der Waals surface area contributed by atoms with E-state index in [9.17, 15) is 19.5 Å². The molecule has 0 radical (unpaired) electrons. The molecule has 3 rings (SSSR count). The summed E-state index contributed by atoms with van der Waals surface area (Å²) in [6.45, 7) is 8.24. The highest BCUT2D eigenvalue weighted by molar-refractivity contribution is 5.79. The second-order valence-corrected chi connectivity index (χ2v) is 9.97. The zero-order chi connectivity index (χ0) is 28.0. The van der Waals surface area contributed by atoms with Crippen LogP contribution in [0, 0.1) is 0 Å². The third kappa shape index (κ3) is 10.7. The third-order valence-corrected chi connectivity index (χ3v) is 6.94. The molecule has 0 bridgehead atoms. The second kappa shape index (κ2) is 15.8. The van der Waals surface area contributed by atoms with Gasteiger partial charge in [-0.25, -0.2) is 4.79 Å². The number of benzene rings is 2. The summed E-state index contributed by atoms with van der Waals surface area (Å²) in [7, 11) is 0. The van der Waals surface area contributed by atoms with Crippen molar-refractivity contribution in [2.45, 2.75) is 25.9 Å². The molecule has 0 spiro atoms. The van der Waals surface area contributed by atoms with Gasteiger partial charge in [0.05, 0.1) is 25.2 Å². The zero-order valence-corrected chi connectivity index (χ0v) is 23.0. The standard InChI is InChI=1S/C29H42N6O4/c1-23(25-9-5-3-6-10-25)31-27(36)21-33-15-13-30-14-16-34(18-20-35(19-17-33)29(38)39)22-28(37)32-24(2)26-11-7-4-8-12-26/h3-12,23-24,30H,13-22H2,1-2H3,(H,31,36)(H,32,37)(H,38,39)/t23-,24-/m0/s1. The van der Waals surface area contributed by atoms with Crippen molar-refractivity contribution in [2.75, 3.05) is 65.4 Å². The van der Waals surface area contributed by atoms with Gasteiger partial charge in [-0.15, -0.1) is 0 Å². The van der Waals surface area contributed by atoms with E-state index in [0.29, 0.717) is 39.3 Å². The summed E-state index contributed by atoms with van der Waals surface area (Å²) in [4.78, 5) is 42.8. The Morgan fingerprint density at radius 3 is 1.51 bits per heavy atom. The summed E-state index contributed by atoms with van der Waals surface area (Å²) < 4.78 is 0.